The molecule has 0 fully saturated rings. The minimum absolute atomic E-state index is 0.298. The van der Waals surface area contributed by atoms with E-state index in [0.717, 1.165) is 0 Å². The van der Waals surface area contributed by atoms with Gasteiger partial charge in [-0.15, -0.1) is 0 Å². The van der Waals surface area contributed by atoms with E-state index in [-0.39, 0.29) is 5.78 Å². The highest BCUT2D eigenvalue weighted by atomic mass is 16.5. The SMILES string of the molecule is COc1cc(OC)c(C(=O)C(C)(C)C#N)cc1OC. The molecule has 0 aliphatic carbocycles. The maximum atomic E-state index is 12.3. The van der Waals surface area contributed by atoms with Gasteiger partial charge in [0.15, 0.2) is 17.3 Å². The first-order valence-electron chi connectivity index (χ1n) is 5.67. The number of nitrogens with zero attached hydrogens (tertiary/aromatic N) is 1. The number of nitriles is 1. The molecule has 5 heteroatoms. The molecule has 0 heterocycles. The Morgan fingerprint density at radius 1 is 1.05 bits per heavy atom. The highest BCUT2D eigenvalue weighted by molar-refractivity contribution is 6.04. The first-order chi connectivity index (χ1) is 8.91. The fraction of sp³-hybridized carbons (Fsp3) is 0.429. The average molecular weight is 263 g/mol. The monoisotopic (exact) mass is 263 g/mol. The lowest BCUT2D eigenvalue weighted by molar-refractivity contribution is 0.0888. The van der Waals surface area contributed by atoms with E-state index in [0.29, 0.717) is 22.8 Å². The third-order valence-corrected chi connectivity index (χ3v) is 2.80. The Morgan fingerprint density at radius 3 is 1.95 bits per heavy atom. The summed E-state index contributed by atoms with van der Waals surface area (Å²) in [5, 5.41) is 9.05. The molecular weight excluding hydrogens is 246 g/mol. The number of carbonyl (C=O) groups excluding carboxylic acids is 1. The molecule has 0 aliphatic rings. The minimum atomic E-state index is -1.13. The largest absolute Gasteiger partial charge is 0.496 e. The van der Waals surface area contributed by atoms with Crippen molar-refractivity contribution in [1.29, 1.82) is 5.26 Å². The van der Waals surface area contributed by atoms with Crippen LogP contribution in [0.25, 0.3) is 0 Å². The summed E-state index contributed by atoms with van der Waals surface area (Å²) in [6.07, 6.45) is 0. The Morgan fingerprint density at radius 2 is 1.53 bits per heavy atom. The molecule has 0 amide bonds. The first-order valence-corrected chi connectivity index (χ1v) is 5.67. The zero-order valence-electron chi connectivity index (χ0n) is 11.7. The Labute approximate surface area is 112 Å². The summed E-state index contributed by atoms with van der Waals surface area (Å²) >= 11 is 0. The fourth-order valence-corrected chi connectivity index (χ4v) is 1.59. The van der Waals surface area contributed by atoms with Crippen molar-refractivity contribution in [3.05, 3.63) is 17.7 Å². The van der Waals surface area contributed by atoms with E-state index >= 15 is 0 Å². The van der Waals surface area contributed by atoms with Crippen molar-refractivity contribution in [3.63, 3.8) is 0 Å². The second-order valence-corrected chi connectivity index (χ2v) is 4.47. The molecule has 1 rings (SSSR count). The lowest BCUT2D eigenvalue weighted by Crippen LogP contribution is -2.23. The van der Waals surface area contributed by atoms with Gasteiger partial charge >= 0.3 is 0 Å². The van der Waals surface area contributed by atoms with Crippen LogP contribution in [-0.4, -0.2) is 27.1 Å². The molecule has 0 aromatic heterocycles. The van der Waals surface area contributed by atoms with Gasteiger partial charge in [-0.2, -0.15) is 5.26 Å². The van der Waals surface area contributed by atoms with E-state index < -0.39 is 5.41 Å². The molecule has 102 valence electrons. The van der Waals surface area contributed by atoms with Crippen LogP contribution >= 0.6 is 0 Å². The molecule has 5 nitrogen and oxygen atoms in total. The van der Waals surface area contributed by atoms with Gasteiger partial charge in [-0.25, -0.2) is 0 Å². The van der Waals surface area contributed by atoms with Crippen LogP contribution in [0.15, 0.2) is 12.1 Å². The number of hydrogen-bond acceptors (Lipinski definition) is 5. The summed E-state index contributed by atoms with van der Waals surface area (Å²) in [6, 6.07) is 5.08. The molecule has 0 N–H and O–H groups in total. The van der Waals surface area contributed by atoms with Gasteiger partial charge in [0.25, 0.3) is 0 Å². The van der Waals surface area contributed by atoms with Crippen LogP contribution in [0.1, 0.15) is 24.2 Å². The molecule has 0 spiro atoms. The summed E-state index contributed by atoms with van der Waals surface area (Å²) in [4.78, 5) is 12.3. The topological polar surface area (TPSA) is 68.5 Å². The van der Waals surface area contributed by atoms with E-state index in [1.54, 1.807) is 19.9 Å². The maximum absolute atomic E-state index is 12.3. The Balaban J connectivity index is 3.43. The van der Waals surface area contributed by atoms with E-state index in [1.165, 1.54) is 27.4 Å². The van der Waals surface area contributed by atoms with Gasteiger partial charge < -0.3 is 14.2 Å². The van der Waals surface area contributed by atoms with Gasteiger partial charge in [0.1, 0.15) is 11.2 Å². The summed E-state index contributed by atoms with van der Waals surface area (Å²) in [6.45, 7) is 3.12. The van der Waals surface area contributed by atoms with Gasteiger partial charge in [-0.3, -0.25) is 4.79 Å². The predicted octanol–water partition coefficient (Wildman–Crippen LogP) is 2.44. The minimum Gasteiger partial charge on any atom is -0.496 e. The lowest BCUT2D eigenvalue weighted by Gasteiger charge is -2.18. The summed E-state index contributed by atoms with van der Waals surface area (Å²) in [5.74, 6) is 0.907. The van der Waals surface area contributed by atoms with Crippen molar-refractivity contribution < 1.29 is 19.0 Å². The van der Waals surface area contributed by atoms with Crippen molar-refractivity contribution in [2.75, 3.05) is 21.3 Å². The van der Waals surface area contributed by atoms with Crippen LogP contribution in [-0.2, 0) is 0 Å². The van der Waals surface area contributed by atoms with Crippen LogP contribution < -0.4 is 14.2 Å². The second kappa shape index (κ2) is 5.61. The number of hydrogen-bond donors (Lipinski definition) is 0. The highest BCUT2D eigenvalue weighted by Gasteiger charge is 2.31. The van der Waals surface area contributed by atoms with Crippen LogP contribution in [0.5, 0.6) is 17.2 Å². The molecule has 0 atom stereocenters. The van der Waals surface area contributed by atoms with E-state index in [4.69, 9.17) is 19.5 Å². The Hall–Kier alpha value is -2.22. The maximum Gasteiger partial charge on any atom is 0.186 e. The van der Waals surface area contributed by atoms with Gasteiger partial charge in [0.2, 0.25) is 0 Å². The highest BCUT2D eigenvalue weighted by Crippen LogP contribution is 2.37. The number of ether oxygens (including phenoxy) is 3. The normalized spacial score (nSPS) is 10.5. The van der Waals surface area contributed by atoms with Crippen LogP contribution in [0.4, 0.5) is 0 Å². The number of Topliss-reactive ketones (excluding diaryl/α,β-unsaturated/α-hetero) is 1. The standard InChI is InChI=1S/C14H17NO4/c1-14(2,8-15)13(16)9-6-11(18-4)12(19-5)7-10(9)17-3/h6-7H,1-5H3. The number of rotatable bonds is 5. The molecule has 0 saturated carbocycles. The third kappa shape index (κ3) is 2.79. The van der Waals surface area contributed by atoms with Crippen molar-refractivity contribution in [2.45, 2.75) is 13.8 Å². The quantitative estimate of drug-likeness (QED) is 0.763. The van der Waals surface area contributed by atoms with Gasteiger partial charge in [-0.1, -0.05) is 0 Å². The van der Waals surface area contributed by atoms with Gasteiger partial charge in [0, 0.05) is 6.07 Å². The second-order valence-electron chi connectivity index (χ2n) is 4.47. The molecule has 1 aromatic carbocycles. The average Bonchev–Trinajstić information content (AvgIpc) is 2.44. The van der Waals surface area contributed by atoms with Gasteiger partial charge in [-0.05, 0) is 19.9 Å². The van der Waals surface area contributed by atoms with E-state index in [1.807, 2.05) is 6.07 Å². The van der Waals surface area contributed by atoms with Gasteiger partial charge in [0.05, 0.1) is 33.0 Å². The molecule has 0 aliphatic heterocycles. The summed E-state index contributed by atoms with van der Waals surface area (Å²) < 4.78 is 15.5. The molecule has 1 aromatic rings. The first kappa shape index (κ1) is 14.8. The third-order valence-electron chi connectivity index (χ3n) is 2.80. The molecule has 19 heavy (non-hydrogen) atoms. The molecule has 0 bridgehead atoms. The zero-order valence-corrected chi connectivity index (χ0v) is 11.7. The number of benzene rings is 1. The molecule has 0 unspecified atom stereocenters. The zero-order chi connectivity index (χ0) is 14.6. The number of carbonyl (C=O) groups is 1. The summed E-state index contributed by atoms with van der Waals surface area (Å²) in [7, 11) is 4.43. The van der Waals surface area contributed by atoms with Crippen LogP contribution in [0, 0.1) is 16.7 Å². The molecule has 0 radical (unpaired) electrons. The number of ketones is 1. The fourth-order valence-electron chi connectivity index (χ4n) is 1.59. The predicted molar refractivity (Wildman–Crippen MR) is 69.8 cm³/mol. The molecular formula is C14H17NO4. The van der Waals surface area contributed by atoms with Crippen molar-refractivity contribution in [3.8, 4) is 23.3 Å². The lowest BCUT2D eigenvalue weighted by atomic mass is 9.85. The van der Waals surface area contributed by atoms with Crippen molar-refractivity contribution >= 4 is 5.78 Å². The van der Waals surface area contributed by atoms with Crippen LogP contribution in [0.2, 0.25) is 0 Å². The molecule has 0 saturated heterocycles. The van der Waals surface area contributed by atoms with Crippen molar-refractivity contribution in [2.24, 2.45) is 5.41 Å². The van der Waals surface area contributed by atoms with E-state index in [9.17, 15) is 4.79 Å². The van der Waals surface area contributed by atoms with Crippen LogP contribution in [0.3, 0.4) is 0 Å². The van der Waals surface area contributed by atoms with E-state index in [2.05, 4.69) is 0 Å². The van der Waals surface area contributed by atoms with Crippen molar-refractivity contribution in [1.82, 2.24) is 0 Å². The Kier molecular flexibility index (Phi) is 4.38. The number of methoxy groups -OCH3 is 3. The summed E-state index contributed by atoms with van der Waals surface area (Å²) in [5.41, 5.74) is -0.834. The Bertz CT molecular complexity index is 529. The smallest absolute Gasteiger partial charge is 0.186 e.